The summed E-state index contributed by atoms with van der Waals surface area (Å²) in [5.41, 5.74) is 1.35. The van der Waals surface area contributed by atoms with E-state index in [1.54, 1.807) is 30.3 Å². The molecule has 0 atom stereocenters. The van der Waals surface area contributed by atoms with Crippen LogP contribution in [0.15, 0.2) is 54.1 Å². The smallest absolute Gasteiger partial charge is 0.270 e. The first-order valence-corrected chi connectivity index (χ1v) is 12.4. The van der Waals surface area contributed by atoms with Gasteiger partial charge in [-0.05, 0) is 55.5 Å². The Morgan fingerprint density at radius 1 is 1.11 bits per heavy atom. The van der Waals surface area contributed by atoms with Crippen molar-refractivity contribution < 1.29 is 19.2 Å². The van der Waals surface area contributed by atoms with Crippen molar-refractivity contribution >= 4 is 45.6 Å². The summed E-state index contributed by atoms with van der Waals surface area (Å²) in [6.45, 7) is -0.409. The number of nitro benzene ring substituents is 1. The molecule has 0 unspecified atom stereocenters. The van der Waals surface area contributed by atoms with E-state index in [2.05, 4.69) is 16.7 Å². The number of rotatable bonds is 8. The summed E-state index contributed by atoms with van der Waals surface area (Å²) < 4.78 is 5.58. The highest BCUT2D eigenvalue weighted by molar-refractivity contribution is 7.16. The molecule has 1 aliphatic rings. The van der Waals surface area contributed by atoms with E-state index in [0.29, 0.717) is 16.3 Å². The summed E-state index contributed by atoms with van der Waals surface area (Å²) in [6.07, 6.45) is 4.73. The topological polar surface area (TPSA) is 158 Å². The first-order valence-electron chi connectivity index (χ1n) is 11.6. The van der Waals surface area contributed by atoms with Gasteiger partial charge in [-0.1, -0.05) is 18.2 Å². The minimum Gasteiger partial charge on any atom is -0.483 e. The number of benzene rings is 2. The average molecular weight is 528 g/mol. The number of nitro groups is 1. The van der Waals surface area contributed by atoms with Gasteiger partial charge in [0.25, 0.3) is 17.5 Å². The number of hydrogen-bond acceptors (Lipinski definition) is 8. The third-order valence-electron chi connectivity index (χ3n) is 5.80. The molecule has 0 spiro atoms. The quantitative estimate of drug-likeness (QED) is 0.181. The molecule has 0 saturated heterocycles. The fraction of sp³-hybridized carbons (Fsp3) is 0.185. The van der Waals surface area contributed by atoms with Crippen LogP contribution in [0.1, 0.15) is 34.4 Å². The average Bonchev–Trinajstić information content (AvgIpc) is 3.27. The minimum atomic E-state index is -0.762. The van der Waals surface area contributed by atoms with Gasteiger partial charge in [-0.15, -0.1) is 11.3 Å². The van der Waals surface area contributed by atoms with Gasteiger partial charge in [-0.25, -0.2) is 0 Å². The SMILES string of the molecule is N#C/C(=C\c1cc([N+](=O)[O-])ccc1OCC(=O)Nc1ccccc1)C(=O)Nc1sc2c(c1C#N)CCCC2. The highest BCUT2D eigenvalue weighted by Crippen LogP contribution is 2.38. The largest absolute Gasteiger partial charge is 0.483 e. The maximum atomic E-state index is 13.0. The Balaban J connectivity index is 1.57. The van der Waals surface area contributed by atoms with Crippen LogP contribution in [0.2, 0.25) is 0 Å². The Morgan fingerprint density at radius 3 is 2.58 bits per heavy atom. The van der Waals surface area contributed by atoms with Crippen molar-refractivity contribution in [3.05, 3.63) is 85.8 Å². The highest BCUT2D eigenvalue weighted by atomic mass is 32.1. The summed E-state index contributed by atoms with van der Waals surface area (Å²) in [5, 5.41) is 36.4. The van der Waals surface area contributed by atoms with Crippen LogP contribution in [0, 0.1) is 32.8 Å². The second-order valence-corrected chi connectivity index (χ2v) is 9.44. The second kappa shape index (κ2) is 11.8. The number of amides is 2. The molecule has 2 aromatic carbocycles. The van der Waals surface area contributed by atoms with Crippen molar-refractivity contribution in [1.82, 2.24) is 0 Å². The lowest BCUT2D eigenvalue weighted by atomic mass is 9.96. The number of para-hydroxylation sites is 1. The van der Waals surface area contributed by atoms with Gasteiger partial charge in [-0.3, -0.25) is 19.7 Å². The maximum Gasteiger partial charge on any atom is 0.270 e. The van der Waals surface area contributed by atoms with Crippen LogP contribution in [-0.4, -0.2) is 23.3 Å². The lowest BCUT2D eigenvalue weighted by molar-refractivity contribution is -0.384. The molecule has 10 nitrogen and oxygen atoms in total. The molecule has 0 aliphatic heterocycles. The molecule has 2 amide bonds. The van der Waals surface area contributed by atoms with E-state index in [-0.39, 0.29) is 22.6 Å². The number of aryl methyl sites for hydroxylation is 1. The minimum absolute atomic E-state index is 0.0728. The molecule has 11 heteroatoms. The van der Waals surface area contributed by atoms with Crippen molar-refractivity contribution in [2.45, 2.75) is 25.7 Å². The van der Waals surface area contributed by atoms with Crippen molar-refractivity contribution in [3.8, 4) is 17.9 Å². The summed E-state index contributed by atoms with van der Waals surface area (Å²) >= 11 is 1.32. The van der Waals surface area contributed by atoms with Gasteiger partial charge in [0, 0.05) is 28.3 Å². The zero-order chi connectivity index (χ0) is 27.1. The van der Waals surface area contributed by atoms with E-state index in [9.17, 15) is 30.2 Å². The van der Waals surface area contributed by atoms with Crippen LogP contribution in [0.4, 0.5) is 16.4 Å². The predicted octanol–water partition coefficient (Wildman–Crippen LogP) is 4.97. The first kappa shape index (κ1) is 26.1. The summed E-state index contributed by atoms with van der Waals surface area (Å²) in [7, 11) is 0. The molecule has 0 bridgehead atoms. The highest BCUT2D eigenvalue weighted by Gasteiger charge is 2.23. The van der Waals surface area contributed by atoms with Crippen molar-refractivity contribution in [2.75, 3.05) is 17.2 Å². The zero-order valence-electron chi connectivity index (χ0n) is 20.0. The number of ether oxygens (including phenoxy) is 1. The fourth-order valence-electron chi connectivity index (χ4n) is 4.00. The predicted molar refractivity (Wildman–Crippen MR) is 142 cm³/mol. The molecular formula is C27H21N5O5S. The number of carbonyl (C=O) groups excluding carboxylic acids is 2. The fourth-order valence-corrected chi connectivity index (χ4v) is 5.24. The van der Waals surface area contributed by atoms with Crippen LogP contribution in [-0.2, 0) is 22.4 Å². The molecule has 2 N–H and O–H groups in total. The molecule has 0 saturated carbocycles. The number of hydrogen-bond donors (Lipinski definition) is 2. The number of fused-ring (bicyclic) bond motifs is 1. The lowest BCUT2D eigenvalue weighted by Crippen LogP contribution is -2.20. The Labute approximate surface area is 221 Å². The van der Waals surface area contributed by atoms with E-state index in [1.807, 2.05) is 6.07 Å². The summed E-state index contributed by atoms with van der Waals surface area (Å²) in [4.78, 5) is 37.1. The number of carbonyl (C=O) groups is 2. The zero-order valence-corrected chi connectivity index (χ0v) is 20.8. The third-order valence-corrected chi connectivity index (χ3v) is 7.00. The van der Waals surface area contributed by atoms with Gasteiger partial charge in [0.2, 0.25) is 0 Å². The molecule has 1 heterocycles. The lowest BCUT2D eigenvalue weighted by Gasteiger charge is -2.10. The Kier molecular flexibility index (Phi) is 8.11. The Morgan fingerprint density at radius 2 is 1.87 bits per heavy atom. The van der Waals surface area contributed by atoms with E-state index < -0.39 is 23.3 Å². The standard InChI is InChI=1S/C27H21N5O5S/c28-14-18(26(34)31-27-22(15-29)21-8-4-5-9-24(21)38-27)12-17-13-20(32(35)36)10-11-23(17)37-16-25(33)30-19-6-2-1-3-7-19/h1-3,6-7,10-13H,4-5,8-9,16H2,(H,30,33)(H,31,34)/b18-12+. The molecule has 1 aliphatic carbocycles. The van der Waals surface area contributed by atoms with Crippen LogP contribution in [0.3, 0.4) is 0 Å². The van der Waals surface area contributed by atoms with Crippen LogP contribution in [0.5, 0.6) is 5.75 Å². The number of thiophene rings is 1. The summed E-state index contributed by atoms with van der Waals surface area (Å²) in [5.74, 6) is -1.15. The van der Waals surface area contributed by atoms with Crippen LogP contribution < -0.4 is 15.4 Å². The van der Waals surface area contributed by atoms with E-state index in [0.717, 1.165) is 48.3 Å². The van der Waals surface area contributed by atoms with Gasteiger partial charge >= 0.3 is 0 Å². The normalized spacial score (nSPS) is 12.4. The van der Waals surface area contributed by atoms with Crippen LogP contribution >= 0.6 is 11.3 Å². The van der Waals surface area contributed by atoms with Gasteiger partial charge in [0.05, 0.1) is 10.5 Å². The van der Waals surface area contributed by atoms with Crippen molar-refractivity contribution in [3.63, 3.8) is 0 Å². The summed E-state index contributed by atoms with van der Waals surface area (Å²) in [6, 6.07) is 16.3. The van der Waals surface area contributed by atoms with Gasteiger partial charge in [0.15, 0.2) is 6.61 Å². The number of nitriles is 2. The molecule has 1 aromatic heterocycles. The molecule has 0 fully saturated rings. The molecule has 190 valence electrons. The first-order chi connectivity index (χ1) is 18.4. The van der Waals surface area contributed by atoms with E-state index >= 15 is 0 Å². The molecule has 38 heavy (non-hydrogen) atoms. The van der Waals surface area contributed by atoms with Gasteiger partial charge in [0.1, 0.15) is 28.5 Å². The van der Waals surface area contributed by atoms with Gasteiger partial charge < -0.3 is 15.4 Å². The molecule has 4 rings (SSSR count). The third kappa shape index (κ3) is 6.03. The van der Waals surface area contributed by atoms with Crippen LogP contribution in [0.25, 0.3) is 6.08 Å². The van der Waals surface area contributed by atoms with Crippen molar-refractivity contribution in [1.29, 1.82) is 10.5 Å². The maximum absolute atomic E-state index is 13.0. The monoisotopic (exact) mass is 527 g/mol. The molecule has 3 aromatic rings. The van der Waals surface area contributed by atoms with Gasteiger partial charge in [-0.2, -0.15) is 10.5 Å². The van der Waals surface area contributed by atoms with E-state index in [1.165, 1.54) is 23.5 Å². The number of anilines is 2. The Bertz CT molecular complexity index is 1520. The molecule has 0 radical (unpaired) electrons. The molecular weight excluding hydrogens is 506 g/mol. The van der Waals surface area contributed by atoms with Crippen molar-refractivity contribution in [2.24, 2.45) is 0 Å². The number of nitrogens with zero attached hydrogens (tertiary/aromatic N) is 3. The number of non-ortho nitro benzene ring substituents is 1. The Hall–Kier alpha value is -5.00. The van der Waals surface area contributed by atoms with E-state index in [4.69, 9.17) is 4.74 Å². The number of nitrogens with one attached hydrogen (secondary N) is 2. The second-order valence-electron chi connectivity index (χ2n) is 8.33.